The molecule has 0 aliphatic carbocycles. The number of rotatable bonds is 2. The van der Waals surface area contributed by atoms with E-state index in [1.165, 1.54) is 0 Å². The molecule has 0 atom stereocenters. The van der Waals surface area contributed by atoms with E-state index in [0.29, 0.717) is 16.7 Å². The second kappa shape index (κ2) is 5.06. The highest BCUT2D eigenvalue weighted by atomic mass is 79.9. The van der Waals surface area contributed by atoms with Crippen LogP contribution >= 0.6 is 31.9 Å². The van der Waals surface area contributed by atoms with Crippen LogP contribution in [0, 0.1) is 0 Å². The second-order valence-electron chi connectivity index (χ2n) is 3.60. The number of hydrogen-bond donors (Lipinski definition) is 1. The van der Waals surface area contributed by atoms with Crippen LogP contribution in [0.5, 0.6) is 0 Å². The zero-order valence-corrected chi connectivity index (χ0v) is 12.0. The molecule has 2 aromatic rings. The Morgan fingerprint density at radius 3 is 2.53 bits per heavy atom. The molecule has 17 heavy (non-hydrogen) atoms. The molecule has 2 N–H and O–H groups in total. The number of nitrogens with zero attached hydrogens (tertiary/aromatic N) is 1. The van der Waals surface area contributed by atoms with Crippen LogP contribution in [0.4, 0.5) is 5.69 Å². The van der Waals surface area contributed by atoms with Crippen LogP contribution in [0.25, 0.3) is 0 Å². The largest absolute Gasteiger partial charge is 0.398 e. The molecular weight excluding hydrogens is 348 g/mol. The van der Waals surface area contributed by atoms with Crippen molar-refractivity contribution in [3.05, 3.63) is 61.4 Å². The number of anilines is 1. The van der Waals surface area contributed by atoms with E-state index >= 15 is 0 Å². The van der Waals surface area contributed by atoms with Gasteiger partial charge in [-0.05, 0) is 40.2 Å². The second-order valence-corrected chi connectivity index (χ2v) is 5.31. The van der Waals surface area contributed by atoms with Crippen LogP contribution in [0.15, 0.2) is 50.3 Å². The van der Waals surface area contributed by atoms with Gasteiger partial charge < -0.3 is 10.3 Å². The molecule has 0 saturated carbocycles. The van der Waals surface area contributed by atoms with Crippen molar-refractivity contribution >= 4 is 37.5 Å². The Hall–Kier alpha value is -1.07. The molecule has 1 heterocycles. The first-order valence-electron chi connectivity index (χ1n) is 4.97. The van der Waals surface area contributed by atoms with E-state index in [1.807, 2.05) is 24.3 Å². The van der Waals surface area contributed by atoms with Crippen LogP contribution in [0.2, 0.25) is 0 Å². The van der Waals surface area contributed by atoms with Crippen molar-refractivity contribution in [2.75, 3.05) is 5.73 Å². The number of nitrogens with two attached hydrogens (primary N) is 1. The Kier molecular flexibility index (Phi) is 3.69. The first-order chi connectivity index (χ1) is 8.09. The maximum absolute atomic E-state index is 11.9. The van der Waals surface area contributed by atoms with Crippen molar-refractivity contribution in [2.24, 2.45) is 0 Å². The summed E-state index contributed by atoms with van der Waals surface area (Å²) in [5, 5.41) is 0. The number of nitrogen functional groups attached to an aromatic ring is 1. The van der Waals surface area contributed by atoms with Gasteiger partial charge >= 0.3 is 0 Å². The van der Waals surface area contributed by atoms with Gasteiger partial charge in [-0.3, -0.25) is 4.79 Å². The summed E-state index contributed by atoms with van der Waals surface area (Å²) in [6, 6.07) is 9.14. The molecule has 1 aromatic heterocycles. The Labute approximate surface area is 116 Å². The van der Waals surface area contributed by atoms with Crippen LogP contribution in [0.3, 0.4) is 0 Å². The van der Waals surface area contributed by atoms with Crippen molar-refractivity contribution in [1.82, 2.24) is 4.57 Å². The predicted molar refractivity (Wildman–Crippen MR) is 76.1 cm³/mol. The Morgan fingerprint density at radius 1 is 1.12 bits per heavy atom. The van der Waals surface area contributed by atoms with Crippen molar-refractivity contribution in [3.8, 4) is 0 Å². The number of aromatic nitrogens is 1. The molecule has 0 amide bonds. The lowest BCUT2D eigenvalue weighted by Crippen LogP contribution is -2.20. The normalized spacial score (nSPS) is 10.5. The summed E-state index contributed by atoms with van der Waals surface area (Å²) in [6.45, 7) is 0.450. The molecule has 2 rings (SSSR count). The number of benzene rings is 1. The summed E-state index contributed by atoms with van der Waals surface area (Å²) in [5.74, 6) is 0. The lowest BCUT2D eigenvalue weighted by atomic mass is 10.2. The minimum atomic E-state index is -0.0670. The molecule has 1 aromatic carbocycles. The van der Waals surface area contributed by atoms with E-state index in [0.717, 1.165) is 10.0 Å². The van der Waals surface area contributed by atoms with E-state index in [-0.39, 0.29) is 5.56 Å². The molecule has 3 nitrogen and oxygen atoms in total. The SMILES string of the molecule is Nc1cccc(Br)c1Cn1cccc(Br)c1=O. The molecule has 0 aliphatic heterocycles. The van der Waals surface area contributed by atoms with Crippen molar-refractivity contribution in [3.63, 3.8) is 0 Å². The summed E-state index contributed by atoms with van der Waals surface area (Å²) in [7, 11) is 0. The van der Waals surface area contributed by atoms with Crippen molar-refractivity contribution in [1.29, 1.82) is 0 Å². The highest BCUT2D eigenvalue weighted by Crippen LogP contribution is 2.23. The number of halogens is 2. The van der Waals surface area contributed by atoms with Crippen LogP contribution < -0.4 is 11.3 Å². The quantitative estimate of drug-likeness (QED) is 0.840. The molecule has 0 radical (unpaired) electrons. The average molecular weight is 358 g/mol. The predicted octanol–water partition coefficient (Wildman–Crippen LogP) is 3.00. The van der Waals surface area contributed by atoms with Gasteiger partial charge in [-0.25, -0.2) is 0 Å². The maximum atomic E-state index is 11.9. The summed E-state index contributed by atoms with van der Waals surface area (Å²) < 4.78 is 3.07. The zero-order valence-electron chi connectivity index (χ0n) is 8.86. The van der Waals surface area contributed by atoms with Gasteiger partial charge in [-0.2, -0.15) is 0 Å². The fourth-order valence-corrected chi connectivity index (χ4v) is 2.43. The standard InChI is InChI=1S/C12H10Br2N2O/c13-9-3-1-5-11(15)8(9)7-16-6-2-4-10(14)12(16)17/h1-6H,7,15H2. The molecule has 5 heteroatoms. The van der Waals surface area contributed by atoms with Gasteiger partial charge in [0.05, 0.1) is 11.0 Å². The first kappa shape index (κ1) is 12.4. The minimum Gasteiger partial charge on any atom is -0.398 e. The Morgan fingerprint density at radius 2 is 1.82 bits per heavy atom. The third-order valence-electron chi connectivity index (χ3n) is 2.46. The van der Waals surface area contributed by atoms with Gasteiger partial charge in [0.2, 0.25) is 0 Å². The van der Waals surface area contributed by atoms with E-state index in [4.69, 9.17) is 5.73 Å². The van der Waals surface area contributed by atoms with Gasteiger partial charge in [0.1, 0.15) is 0 Å². The smallest absolute Gasteiger partial charge is 0.265 e. The third-order valence-corrected chi connectivity index (χ3v) is 3.80. The molecular formula is C12H10Br2N2O. The maximum Gasteiger partial charge on any atom is 0.265 e. The van der Waals surface area contributed by atoms with E-state index in [2.05, 4.69) is 31.9 Å². The van der Waals surface area contributed by atoms with E-state index < -0.39 is 0 Å². The van der Waals surface area contributed by atoms with Gasteiger partial charge in [-0.1, -0.05) is 22.0 Å². The monoisotopic (exact) mass is 356 g/mol. The molecule has 0 unspecified atom stereocenters. The fourth-order valence-electron chi connectivity index (χ4n) is 1.54. The Balaban J connectivity index is 2.45. The highest BCUT2D eigenvalue weighted by Gasteiger charge is 2.07. The third kappa shape index (κ3) is 2.61. The van der Waals surface area contributed by atoms with E-state index in [9.17, 15) is 4.79 Å². The Bertz CT molecular complexity index is 587. The van der Waals surface area contributed by atoms with Crippen LogP contribution in [0.1, 0.15) is 5.56 Å². The summed E-state index contributed by atoms with van der Waals surface area (Å²) in [6.07, 6.45) is 1.74. The van der Waals surface area contributed by atoms with Crippen LogP contribution in [-0.2, 0) is 6.54 Å². The minimum absolute atomic E-state index is 0.0670. The number of pyridine rings is 1. The van der Waals surface area contributed by atoms with Crippen molar-refractivity contribution in [2.45, 2.75) is 6.54 Å². The highest BCUT2D eigenvalue weighted by molar-refractivity contribution is 9.10. The molecule has 0 bridgehead atoms. The lowest BCUT2D eigenvalue weighted by Gasteiger charge is -2.10. The molecule has 88 valence electrons. The van der Waals surface area contributed by atoms with E-state index in [1.54, 1.807) is 16.8 Å². The van der Waals surface area contributed by atoms with Gasteiger partial charge in [0, 0.05) is 21.9 Å². The summed E-state index contributed by atoms with van der Waals surface area (Å²) >= 11 is 6.66. The van der Waals surface area contributed by atoms with Gasteiger partial charge in [0.15, 0.2) is 0 Å². The number of hydrogen-bond acceptors (Lipinski definition) is 2. The average Bonchev–Trinajstić information content (AvgIpc) is 2.29. The topological polar surface area (TPSA) is 48.0 Å². The molecule has 0 saturated heterocycles. The van der Waals surface area contributed by atoms with Gasteiger partial charge in [-0.15, -0.1) is 0 Å². The molecule has 0 fully saturated rings. The fraction of sp³-hybridized carbons (Fsp3) is 0.0833. The van der Waals surface area contributed by atoms with Crippen molar-refractivity contribution < 1.29 is 0 Å². The molecule has 0 spiro atoms. The lowest BCUT2D eigenvalue weighted by molar-refractivity contribution is 0.754. The molecule has 0 aliphatic rings. The first-order valence-corrected chi connectivity index (χ1v) is 6.56. The van der Waals surface area contributed by atoms with Crippen LogP contribution in [-0.4, -0.2) is 4.57 Å². The summed E-state index contributed by atoms with van der Waals surface area (Å²) in [5.41, 5.74) is 7.42. The summed E-state index contributed by atoms with van der Waals surface area (Å²) in [4.78, 5) is 11.9. The van der Waals surface area contributed by atoms with Gasteiger partial charge in [0.25, 0.3) is 5.56 Å². The zero-order chi connectivity index (χ0) is 12.4.